The van der Waals surface area contributed by atoms with Gasteiger partial charge in [0.2, 0.25) is 0 Å². The molecule has 4 aliphatic rings. The normalized spacial score (nSPS) is 33.4. The summed E-state index contributed by atoms with van der Waals surface area (Å²) in [6, 6.07) is 18.7. The van der Waals surface area contributed by atoms with E-state index in [4.69, 9.17) is 0 Å². The second-order valence-corrected chi connectivity index (χ2v) is 9.97. The van der Waals surface area contributed by atoms with Crippen LogP contribution in [-0.2, 0) is 6.42 Å². The van der Waals surface area contributed by atoms with Gasteiger partial charge in [-0.15, -0.1) is 0 Å². The third-order valence-corrected chi connectivity index (χ3v) is 7.80. The fraction of sp³-hybridized carbons (Fsp3) is 0.538. The van der Waals surface area contributed by atoms with Gasteiger partial charge in [-0.05, 0) is 91.7 Å². The van der Waals surface area contributed by atoms with Gasteiger partial charge < -0.3 is 0 Å². The van der Waals surface area contributed by atoms with Crippen molar-refractivity contribution >= 4 is 0 Å². The van der Waals surface area contributed by atoms with Crippen molar-refractivity contribution in [1.82, 2.24) is 0 Å². The molecule has 1 atom stereocenters. The number of benzene rings is 2. The molecule has 0 N–H and O–H groups in total. The molecule has 2 aromatic carbocycles. The van der Waals surface area contributed by atoms with E-state index < -0.39 is 0 Å². The van der Waals surface area contributed by atoms with Crippen LogP contribution in [0.1, 0.15) is 73.6 Å². The molecule has 0 radical (unpaired) electrons. The number of hydrogen-bond acceptors (Lipinski definition) is 0. The highest BCUT2D eigenvalue weighted by Gasteiger charge is 2.50. The fourth-order valence-corrected chi connectivity index (χ4v) is 6.91. The highest BCUT2D eigenvalue weighted by Crippen LogP contribution is 2.61. The minimum absolute atomic E-state index is 0.476. The summed E-state index contributed by atoms with van der Waals surface area (Å²) in [4.78, 5) is 0. The quantitative estimate of drug-likeness (QED) is 0.565. The van der Waals surface area contributed by atoms with E-state index in [0.717, 1.165) is 17.8 Å². The number of aryl methyl sites for hydroxylation is 1. The van der Waals surface area contributed by atoms with Crippen LogP contribution in [-0.4, -0.2) is 0 Å². The molecule has 0 heteroatoms. The highest BCUT2D eigenvalue weighted by molar-refractivity contribution is 5.35. The predicted molar refractivity (Wildman–Crippen MR) is 109 cm³/mol. The van der Waals surface area contributed by atoms with Gasteiger partial charge in [-0.25, -0.2) is 0 Å². The highest BCUT2D eigenvalue weighted by atomic mass is 14.6. The maximum absolute atomic E-state index is 2.43. The Morgan fingerprint density at radius 2 is 1.23 bits per heavy atom. The van der Waals surface area contributed by atoms with E-state index in [-0.39, 0.29) is 0 Å². The molecule has 1 unspecified atom stereocenters. The van der Waals surface area contributed by atoms with Crippen LogP contribution < -0.4 is 0 Å². The molecule has 4 bridgehead atoms. The molecule has 6 rings (SSSR count). The van der Waals surface area contributed by atoms with Crippen LogP contribution in [0.5, 0.6) is 0 Å². The topological polar surface area (TPSA) is 0 Å². The molecular formula is C26H32. The number of rotatable bonds is 4. The van der Waals surface area contributed by atoms with Crippen LogP contribution in [0.25, 0.3) is 0 Å². The fourth-order valence-electron chi connectivity index (χ4n) is 6.91. The summed E-state index contributed by atoms with van der Waals surface area (Å²) in [5, 5.41) is 0. The molecule has 4 saturated carbocycles. The van der Waals surface area contributed by atoms with Gasteiger partial charge in [-0.1, -0.05) is 61.0 Å². The monoisotopic (exact) mass is 344 g/mol. The number of hydrogen-bond donors (Lipinski definition) is 0. The molecule has 4 fully saturated rings. The van der Waals surface area contributed by atoms with E-state index in [2.05, 4.69) is 62.4 Å². The van der Waals surface area contributed by atoms with Crippen molar-refractivity contribution in [1.29, 1.82) is 0 Å². The van der Waals surface area contributed by atoms with Gasteiger partial charge in [-0.3, -0.25) is 0 Å². The summed E-state index contributed by atoms with van der Waals surface area (Å²) in [6.45, 7) is 4.49. The maximum Gasteiger partial charge on any atom is 0.00610 e. The molecule has 0 nitrogen and oxygen atoms in total. The van der Waals surface area contributed by atoms with Crippen LogP contribution in [0.4, 0.5) is 0 Å². The van der Waals surface area contributed by atoms with Crippen molar-refractivity contribution < 1.29 is 0 Å². The van der Waals surface area contributed by atoms with Gasteiger partial charge >= 0.3 is 0 Å². The Hall–Kier alpha value is -1.56. The van der Waals surface area contributed by atoms with Crippen molar-refractivity contribution in [3.8, 4) is 0 Å². The van der Waals surface area contributed by atoms with E-state index in [1.165, 1.54) is 42.4 Å². The van der Waals surface area contributed by atoms with Gasteiger partial charge in [0, 0.05) is 5.92 Å². The first-order valence-electron chi connectivity index (χ1n) is 10.7. The Kier molecular flexibility index (Phi) is 3.99. The van der Waals surface area contributed by atoms with Gasteiger partial charge in [0.05, 0.1) is 0 Å². The van der Waals surface area contributed by atoms with E-state index in [0.29, 0.717) is 11.3 Å². The lowest BCUT2D eigenvalue weighted by molar-refractivity contribution is -0.0521. The van der Waals surface area contributed by atoms with Crippen molar-refractivity contribution in [2.75, 3.05) is 0 Å². The van der Waals surface area contributed by atoms with Crippen LogP contribution in [0.2, 0.25) is 0 Å². The van der Waals surface area contributed by atoms with Gasteiger partial charge in [0.15, 0.2) is 0 Å². The van der Waals surface area contributed by atoms with Crippen LogP contribution in [0, 0.1) is 30.1 Å². The molecule has 136 valence electrons. The van der Waals surface area contributed by atoms with Crippen molar-refractivity contribution in [2.45, 2.75) is 64.7 Å². The molecule has 0 heterocycles. The first-order chi connectivity index (χ1) is 12.6. The molecule has 4 aliphatic carbocycles. The Balaban J connectivity index is 1.32. The van der Waals surface area contributed by atoms with Gasteiger partial charge in [0.25, 0.3) is 0 Å². The molecule has 0 aromatic heterocycles. The minimum atomic E-state index is 0.476. The second-order valence-electron chi connectivity index (χ2n) is 9.97. The summed E-state index contributed by atoms with van der Waals surface area (Å²) in [6.07, 6.45) is 10.5. The lowest BCUT2D eigenvalue weighted by Gasteiger charge is -2.57. The first-order valence-corrected chi connectivity index (χ1v) is 10.7. The molecule has 0 saturated heterocycles. The molecular weight excluding hydrogens is 312 g/mol. The van der Waals surface area contributed by atoms with Crippen LogP contribution >= 0.6 is 0 Å². The van der Waals surface area contributed by atoms with E-state index in [9.17, 15) is 0 Å². The SMILES string of the molecule is Cc1ccc(C(C)c2ccc(CC34CC5CC(CC(C5)C3)C4)cc2)cc1. The standard InChI is InChI=1S/C26H32/c1-18-3-7-24(8-4-18)19(2)25-9-5-20(6-10-25)14-26-15-21-11-22(16-26)13-23(12-21)17-26/h3-10,19,21-23H,11-17H2,1-2H3. The van der Waals surface area contributed by atoms with E-state index in [1.54, 1.807) is 24.8 Å². The van der Waals surface area contributed by atoms with Crippen molar-refractivity contribution in [3.05, 3.63) is 70.8 Å². The molecule has 0 spiro atoms. The van der Waals surface area contributed by atoms with Crippen molar-refractivity contribution in [2.24, 2.45) is 23.2 Å². The molecule has 0 amide bonds. The predicted octanol–water partition coefficient (Wildman–Crippen LogP) is 6.91. The van der Waals surface area contributed by atoms with E-state index >= 15 is 0 Å². The summed E-state index contributed by atoms with van der Waals surface area (Å²) in [5.74, 6) is 3.65. The first kappa shape index (κ1) is 16.6. The Morgan fingerprint density at radius 3 is 1.73 bits per heavy atom. The second kappa shape index (κ2) is 6.25. The Labute approximate surface area is 159 Å². The largest absolute Gasteiger partial charge is 0.0590 e. The van der Waals surface area contributed by atoms with E-state index in [1.807, 2.05) is 0 Å². The molecule has 2 aromatic rings. The Bertz CT molecular complexity index is 729. The maximum atomic E-state index is 2.43. The summed E-state index contributed by atoms with van der Waals surface area (Å²) >= 11 is 0. The minimum Gasteiger partial charge on any atom is -0.0590 e. The average molecular weight is 345 g/mol. The lowest BCUT2D eigenvalue weighted by Crippen LogP contribution is -2.47. The van der Waals surface area contributed by atoms with Gasteiger partial charge in [-0.2, -0.15) is 0 Å². The summed E-state index contributed by atoms with van der Waals surface area (Å²) in [7, 11) is 0. The zero-order chi connectivity index (χ0) is 17.7. The lowest BCUT2D eigenvalue weighted by atomic mass is 9.48. The molecule has 0 aliphatic heterocycles. The van der Waals surface area contributed by atoms with Crippen LogP contribution in [0.15, 0.2) is 48.5 Å². The average Bonchev–Trinajstić information content (AvgIpc) is 2.61. The summed E-state index contributed by atoms with van der Waals surface area (Å²) in [5.41, 5.74) is 6.44. The third kappa shape index (κ3) is 3.02. The zero-order valence-electron chi connectivity index (χ0n) is 16.4. The zero-order valence-corrected chi connectivity index (χ0v) is 16.4. The third-order valence-electron chi connectivity index (χ3n) is 7.80. The molecule has 26 heavy (non-hydrogen) atoms. The van der Waals surface area contributed by atoms with Crippen molar-refractivity contribution in [3.63, 3.8) is 0 Å². The summed E-state index contributed by atoms with van der Waals surface area (Å²) < 4.78 is 0. The smallest absolute Gasteiger partial charge is 0.00610 e. The van der Waals surface area contributed by atoms with Gasteiger partial charge in [0.1, 0.15) is 0 Å². The van der Waals surface area contributed by atoms with Crippen LogP contribution in [0.3, 0.4) is 0 Å². The Morgan fingerprint density at radius 1 is 0.769 bits per heavy atom.